The van der Waals surface area contributed by atoms with Crippen LogP contribution >= 0.6 is 0 Å². The minimum Gasteiger partial charge on any atom is -0.472 e. The molecule has 0 fully saturated rings. The fraction of sp³-hybridized carbons (Fsp3) is 0.0714. The van der Waals surface area contributed by atoms with Crippen LogP contribution in [0.4, 0.5) is 0 Å². The van der Waals surface area contributed by atoms with Gasteiger partial charge in [-0.3, -0.25) is 14.6 Å². The number of fused-ring (bicyclic) bond motifs is 1. The lowest BCUT2D eigenvalue weighted by Crippen LogP contribution is -2.33. The minimum atomic E-state index is -0.324. The molecule has 2 amide bonds. The second-order valence-corrected chi connectivity index (χ2v) is 4.04. The molecule has 1 aromatic carbocycles. The van der Waals surface area contributed by atoms with Crippen molar-refractivity contribution in [2.45, 2.75) is 0 Å². The Morgan fingerprint density at radius 3 is 2.11 bits per heavy atom. The first kappa shape index (κ1) is 11.4. The molecule has 94 valence electrons. The number of carbonyl (C=O) groups is 2. The van der Waals surface area contributed by atoms with E-state index in [1.54, 1.807) is 48.8 Å². The molecule has 3 rings (SSSR count). The fourth-order valence-corrected chi connectivity index (χ4v) is 1.93. The number of hydrogen-bond donors (Lipinski definition) is 0. The summed E-state index contributed by atoms with van der Waals surface area (Å²) in [6, 6.07) is 10.1. The molecule has 2 heterocycles. The highest BCUT2D eigenvalue weighted by Gasteiger charge is 2.35. The Hall–Kier alpha value is -2.69. The summed E-state index contributed by atoms with van der Waals surface area (Å²) in [4.78, 5) is 29.0. The first-order valence-electron chi connectivity index (χ1n) is 5.75. The highest BCUT2D eigenvalue weighted by molar-refractivity contribution is 6.21. The van der Waals surface area contributed by atoms with Crippen molar-refractivity contribution in [2.24, 2.45) is 0 Å². The van der Waals surface area contributed by atoms with Crippen molar-refractivity contribution in [1.82, 2.24) is 9.88 Å². The fourth-order valence-electron chi connectivity index (χ4n) is 1.93. The van der Waals surface area contributed by atoms with Gasteiger partial charge in [0.05, 0.1) is 11.1 Å². The summed E-state index contributed by atoms with van der Waals surface area (Å²) < 4.78 is 5.41. The van der Waals surface area contributed by atoms with Gasteiger partial charge < -0.3 is 4.74 Å². The van der Waals surface area contributed by atoms with Gasteiger partial charge in [0.25, 0.3) is 11.8 Å². The van der Waals surface area contributed by atoms with Crippen LogP contribution in [0.3, 0.4) is 0 Å². The lowest BCUT2D eigenvalue weighted by Gasteiger charge is -2.14. The molecule has 1 aliphatic rings. The lowest BCUT2D eigenvalue weighted by atomic mass is 10.1. The largest absolute Gasteiger partial charge is 0.472 e. The Bertz CT molecular complexity index is 605. The van der Waals surface area contributed by atoms with Gasteiger partial charge in [-0.25, -0.2) is 4.90 Å². The molecule has 0 bridgehead atoms. The van der Waals surface area contributed by atoms with E-state index in [9.17, 15) is 9.59 Å². The van der Waals surface area contributed by atoms with Crippen LogP contribution in [0.25, 0.3) is 0 Å². The minimum absolute atomic E-state index is 0.101. The third-order valence-corrected chi connectivity index (χ3v) is 2.89. The van der Waals surface area contributed by atoms with Crippen molar-refractivity contribution in [1.29, 1.82) is 0 Å². The maximum atomic E-state index is 12.0. The maximum Gasteiger partial charge on any atom is 0.264 e. The van der Waals surface area contributed by atoms with Gasteiger partial charge in [-0.1, -0.05) is 12.1 Å². The number of ether oxygens (including phenoxy) is 1. The summed E-state index contributed by atoms with van der Waals surface area (Å²) in [5.74, 6) is -0.0872. The SMILES string of the molecule is O=C1c2ccccc2C(=O)N1COc1ccncc1. The third-order valence-electron chi connectivity index (χ3n) is 2.89. The van der Waals surface area contributed by atoms with E-state index >= 15 is 0 Å². The molecule has 1 aromatic heterocycles. The number of imide groups is 1. The number of benzene rings is 1. The first-order valence-corrected chi connectivity index (χ1v) is 5.75. The standard InChI is InChI=1S/C14H10N2O3/c17-13-11-3-1-2-4-12(11)14(18)16(13)9-19-10-5-7-15-8-6-10/h1-8H,9H2. The Balaban J connectivity index is 1.78. The van der Waals surface area contributed by atoms with E-state index in [0.29, 0.717) is 16.9 Å². The van der Waals surface area contributed by atoms with Gasteiger partial charge in [-0.15, -0.1) is 0 Å². The molecule has 0 unspecified atom stereocenters. The van der Waals surface area contributed by atoms with Gasteiger partial charge >= 0.3 is 0 Å². The van der Waals surface area contributed by atoms with Crippen LogP contribution in [0.5, 0.6) is 5.75 Å². The Morgan fingerprint density at radius 2 is 1.53 bits per heavy atom. The smallest absolute Gasteiger partial charge is 0.264 e. The van der Waals surface area contributed by atoms with Crippen molar-refractivity contribution in [3.8, 4) is 5.75 Å². The topological polar surface area (TPSA) is 59.5 Å². The molecule has 5 nitrogen and oxygen atoms in total. The molecule has 0 spiro atoms. The van der Waals surface area contributed by atoms with Crippen LogP contribution in [-0.4, -0.2) is 28.4 Å². The quantitative estimate of drug-likeness (QED) is 0.782. The highest BCUT2D eigenvalue weighted by atomic mass is 16.5. The van der Waals surface area contributed by atoms with Crippen LogP contribution in [0.15, 0.2) is 48.8 Å². The highest BCUT2D eigenvalue weighted by Crippen LogP contribution is 2.22. The van der Waals surface area contributed by atoms with Gasteiger partial charge in [0.2, 0.25) is 0 Å². The predicted molar refractivity (Wildman–Crippen MR) is 66.7 cm³/mol. The third kappa shape index (κ3) is 1.95. The molecule has 5 heteroatoms. The summed E-state index contributed by atoms with van der Waals surface area (Å²) in [7, 11) is 0. The number of carbonyl (C=O) groups excluding carboxylic acids is 2. The molecular weight excluding hydrogens is 244 g/mol. The van der Waals surface area contributed by atoms with Gasteiger partial charge in [0.15, 0.2) is 6.73 Å². The summed E-state index contributed by atoms with van der Waals surface area (Å²) in [5, 5.41) is 0. The molecule has 19 heavy (non-hydrogen) atoms. The summed E-state index contributed by atoms with van der Waals surface area (Å²) in [5.41, 5.74) is 0.844. The summed E-state index contributed by atoms with van der Waals surface area (Å²) in [6.07, 6.45) is 3.16. The summed E-state index contributed by atoms with van der Waals surface area (Å²) >= 11 is 0. The van der Waals surface area contributed by atoms with Crippen LogP contribution in [0.1, 0.15) is 20.7 Å². The average molecular weight is 254 g/mol. The zero-order chi connectivity index (χ0) is 13.2. The first-order chi connectivity index (χ1) is 9.27. The van der Waals surface area contributed by atoms with Crippen molar-refractivity contribution in [3.63, 3.8) is 0 Å². The van der Waals surface area contributed by atoms with Crippen molar-refractivity contribution in [3.05, 3.63) is 59.9 Å². The van der Waals surface area contributed by atoms with E-state index in [1.807, 2.05) is 0 Å². The maximum absolute atomic E-state index is 12.0. The van der Waals surface area contributed by atoms with Crippen LogP contribution < -0.4 is 4.74 Å². The Kier molecular flexibility index (Phi) is 2.72. The number of amides is 2. The van der Waals surface area contributed by atoms with Gasteiger partial charge in [-0.2, -0.15) is 0 Å². The van der Waals surface area contributed by atoms with Crippen molar-refractivity contribution in [2.75, 3.05) is 6.73 Å². The van der Waals surface area contributed by atoms with Gasteiger partial charge in [0, 0.05) is 12.4 Å². The van der Waals surface area contributed by atoms with E-state index in [4.69, 9.17) is 4.74 Å². The van der Waals surface area contributed by atoms with Crippen LogP contribution in [0.2, 0.25) is 0 Å². The molecule has 0 atom stereocenters. The molecule has 1 aliphatic heterocycles. The number of hydrogen-bond acceptors (Lipinski definition) is 4. The molecule has 2 aromatic rings. The van der Waals surface area contributed by atoms with Crippen LogP contribution in [-0.2, 0) is 0 Å². The number of nitrogens with zero attached hydrogens (tertiary/aromatic N) is 2. The zero-order valence-corrected chi connectivity index (χ0v) is 9.95. The Morgan fingerprint density at radius 1 is 0.947 bits per heavy atom. The molecule has 0 saturated heterocycles. The van der Waals surface area contributed by atoms with E-state index < -0.39 is 0 Å². The molecule has 0 saturated carbocycles. The second-order valence-electron chi connectivity index (χ2n) is 4.04. The van der Waals surface area contributed by atoms with Gasteiger partial charge in [-0.05, 0) is 24.3 Å². The van der Waals surface area contributed by atoms with E-state index in [0.717, 1.165) is 4.90 Å². The molecule has 0 radical (unpaired) electrons. The van der Waals surface area contributed by atoms with E-state index in [2.05, 4.69) is 4.98 Å². The van der Waals surface area contributed by atoms with E-state index in [1.165, 1.54) is 0 Å². The number of aromatic nitrogens is 1. The predicted octanol–water partition coefficient (Wildman–Crippen LogP) is 1.71. The van der Waals surface area contributed by atoms with Crippen LogP contribution in [0, 0.1) is 0 Å². The van der Waals surface area contributed by atoms with E-state index in [-0.39, 0.29) is 18.5 Å². The van der Waals surface area contributed by atoms with Crippen molar-refractivity contribution >= 4 is 11.8 Å². The molecule has 0 N–H and O–H groups in total. The summed E-state index contributed by atoms with van der Waals surface area (Å²) in [6.45, 7) is -0.101. The zero-order valence-electron chi connectivity index (χ0n) is 9.95. The lowest BCUT2D eigenvalue weighted by molar-refractivity contribution is 0.0522. The molecule has 0 aliphatic carbocycles. The van der Waals surface area contributed by atoms with Crippen molar-refractivity contribution < 1.29 is 14.3 Å². The molecular formula is C14H10N2O3. The monoisotopic (exact) mass is 254 g/mol. The average Bonchev–Trinajstić information content (AvgIpc) is 2.71. The second kappa shape index (κ2) is 4.53. The number of rotatable bonds is 3. The van der Waals surface area contributed by atoms with Gasteiger partial charge in [0.1, 0.15) is 5.75 Å². The number of pyridine rings is 1. The normalized spacial score (nSPS) is 13.6. The Labute approximate surface area is 109 Å².